The van der Waals surface area contributed by atoms with Gasteiger partial charge < -0.3 is 65.1 Å². The molecule has 9 N–H and O–H groups in total. The monoisotopic (exact) mass is 1290 g/mol. The molecule has 14 heteroatoms. The maximum absolute atomic E-state index is 13.4. The first-order chi connectivity index (χ1) is 44.6. The van der Waals surface area contributed by atoms with Gasteiger partial charge in [0.25, 0.3) is 0 Å². The van der Waals surface area contributed by atoms with Crippen LogP contribution in [0.3, 0.4) is 0 Å². The minimum Gasteiger partial charge on any atom is -0.394 e. The van der Waals surface area contributed by atoms with Crippen LogP contribution in [-0.2, 0) is 23.7 Å². The molecule has 14 nitrogen and oxygen atoms in total. The molecular formula is C77H139NO13. The number of carbonyl (C=O) groups is 1. The highest BCUT2D eigenvalue weighted by atomic mass is 16.7. The van der Waals surface area contributed by atoms with Crippen LogP contribution in [0.4, 0.5) is 0 Å². The second-order valence-electron chi connectivity index (χ2n) is 26.4. The molecule has 0 spiro atoms. The van der Waals surface area contributed by atoms with Crippen molar-refractivity contribution < 1.29 is 64.6 Å². The highest BCUT2D eigenvalue weighted by Crippen LogP contribution is 2.30. The SMILES string of the molecule is CC/C=C\C/C=C\C/C=C\C/C=C\C/C=C\C/C=C\CCCCCCCCCCC(=O)NC(COC1OC(CO)C(OC2OC(CO)C(O)C(O)C2O)C(O)C1O)C(O)CCCCCCCCCCCCCCCCCCCCCCCCCCCCCCCC. The second kappa shape index (κ2) is 61.1. The van der Waals surface area contributed by atoms with E-state index in [4.69, 9.17) is 18.9 Å². The van der Waals surface area contributed by atoms with Crippen molar-refractivity contribution in [3.8, 4) is 0 Å². The Bertz CT molecular complexity index is 1800. The Morgan fingerprint density at radius 1 is 0.407 bits per heavy atom. The molecule has 12 atom stereocenters. The van der Waals surface area contributed by atoms with E-state index in [2.05, 4.69) is 92.1 Å². The van der Waals surface area contributed by atoms with Crippen molar-refractivity contribution in [3.63, 3.8) is 0 Å². The number of hydrogen-bond acceptors (Lipinski definition) is 13. The molecule has 0 bridgehead atoms. The Kier molecular flexibility index (Phi) is 56.7. The molecule has 0 saturated carbocycles. The average molecular weight is 1290 g/mol. The number of rotatable bonds is 62. The summed E-state index contributed by atoms with van der Waals surface area (Å²) in [5.41, 5.74) is 0. The molecule has 0 aromatic carbocycles. The Balaban J connectivity index is 1.65. The zero-order chi connectivity index (χ0) is 65.9. The number of aliphatic hydroxyl groups excluding tert-OH is 8. The Morgan fingerprint density at radius 3 is 1.16 bits per heavy atom. The molecule has 530 valence electrons. The number of carbonyl (C=O) groups excluding carboxylic acids is 1. The largest absolute Gasteiger partial charge is 0.394 e. The zero-order valence-corrected chi connectivity index (χ0v) is 57.8. The maximum atomic E-state index is 13.4. The summed E-state index contributed by atoms with van der Waals surface area (Å²) in [4.78, 5) is 13.4. The average Bonchev–Trinajstić information content (AvgIpc) is 1.07. The Morgan fingerprint density at radius 2 is 0.758 bits per heavy atom. The second-order valence-corrected chi connectivity index (χ2v) is 26.4. The van der Waals surface area contributed by atoms with E-state index in [1.807, 2.05) is 0 Å². The summed E-state index contributed by atoms with van der Waals surface area (Å²) in [5, 5.41) is 87.8. The van der Waals surface area contributed by atoms with Gasteiger partial charge in [-0.1, -0.05) is 318 Å². The predicted octanol–water partition coefficient (Wildman–Crippen LogP) is 16.2. The lowest BCUT2D eigenvalue weighted by Crippen LogP contribution is -2.65. The first-order valence-electron chi connectivity index (χ1n) is 37.7. The summed E-state index contributed by atoms with van der Waals surface area (Å²) in [5.74, 6) is -0.214. The van der Waals surface area contributed by atoms with Gasteiger partial charge in [0.15, 0.2) is 12.6 Å². The molecule has 2 fully saturated rings. The summed E-state index contributed by atoms with van der Waals surface area (Å²) < 4.78 is 23.0. The summed E-state index contributed by atoms with van der Waals surface area (Å²) >= 11 is 0. The molecule has 2 heterocycles. The zero-order valence-electron chi connectivity index (χ0n) is 57.8. The molecule has 91 heavy (non-hydrogen) atoms. The lowest BCUT2D eigenvalue weighted by molar-refractivity contribution is -0.359. The fourth-order valence-electron chi connectivity index (χ4n) is 12.2. The normalized spacial score (nSPS) is 23.2. The predicted molar refractivity (Wildman–Crippen MR) is 373 cm³/mol. The minimum absolute atomic E-state index is 0.214. The number of allylic oxidation sites excluding steroid dienone is 12. The van der Waals surface area contributed by atoms with Gasteiger partial charge in [-0.05, 0) is 64.2 Å². The summed E-state index contributed by atoms with van der Waals surface area (Å²) in [7, 11) is 0. The van der Waals surface area contributed by atoms with Crippen molar-refractivity contribution in [2.75, 3.05) is 19.8 Å². The number of aliphatic hydroxyl groups is 8. The quantitative estimate of drug-likeness (QED) is 0.0204. The minimum atomic E-state index is -1.79. The van der Waals surface area contributed by atoms with Gasteiger partial charge >= 0.3 is 0 Å². The third-order valence-corrected chi connectivity index (χ3v) is 18.2. The van der Waals surface area contributed by atoms with Crippen molar-refractivity contribution >= 4 is 5.91 Å². The lowest BCUT2D eigenvalue weighted by Gasteiger charge is -2.46. The standard InChI is InChI=1S/C77H139NO13/c1-3-5-7-9-11-13-15-17-19-21-23-25-27-29-31-32-33-35-36-38-40-42-44-46-48-50-52-54-56-58-60-66(81)65(64-88-76-74(87)72(85)75(68(63-80)90-76)91-77-73(86)71(84)70(83)67(62-79)89-77)78-69(82)61-59-57-55-53-51-49-47-45-43-41-39-37-34-30-28-26-24-22-20-18-16-14-12-10-8-6-4-2/h6,8,12,14,18,20,24,26,30,34,39,41,65-68,70-77,79-81,83-87H,3-5,7,9-11,13,15-17,19,21-23,25,27-29,31-33,35-38,40,42-64H2,1-2H3,(H,78,82)/b8-6-,14-12-,20-18-,26-24-,34-30-,41-39-. The van der Waals surface area contributed by atoms with Crippen molar-refractivity contribution in [3.05, 3.63) is 72.9 Å². The van der Waals surface area contributed by atoms with Gasteiger partial charge in [0.1, 0.15) is 48.8 Å². The molecule has 0 radical (unpaired) electrons. The first kappa shape index (κ1) is 84.5. The summed E-state index contributed by atoms with van der Waals surface area (Å²) in [6.45, 7) is 2.78. The molecule has 2 aliphatic rings. The Labute approximate surface area is 555 Å². The molecule has 0 aliphatic carbocycles. The van der Waals surface area contributed by atoms with E-state index in [0.717, 1.165) is 89.9 Å². The third-order valence-electron chi connectivity index (χ3n) is 18.2. The van der Waals surface area contributed by atoms with Gasteiger partial charge in [-0.15, -0.1) is 0 Å². The highest BCUT2D eigenvalue weighted by Gasteiger charge is 2.51. The van der Waals surface area contributed by atoms with Crippen molar-refractivity contribution in [2.24, 2.45) is 0 Å². The van der Waals surface area contributed by atoms with E-state index in [9.17, 15) is 45.6 Å². The molecule has 0 aromatic heterocycles. The molecule has 1 amide bonds. The molecule has 2 aliphatic heterocycles. The van der Waals surface area contributed by atoms with E-state index < -0.39 is 86.8 Å². The van der Waals surface area contributed by atoms with Crippen LogP contribution in [0.25, 0.3) is 0 Å². The lowest BCUT2D eigenvalue weighted by atomic mass is 9.97. The van der Waals surface area contributed by atoms with E-state index in [1.165, 1.54) is 193 Å². The number of hydrogen-bond donors (Lipinski definition) is 9. The van der Waals surface area contributed by atoms with Gasteiger partial charge in [-0.3, -0.25) is 4.79 Å². The topological polar surface area (TPSA) is 228 Å². The van der Waals surface area contributed by atoms with Crippen LogP contribution in [0.1, 0.15) is 316 Å². The van der Waals surface area contributed by atoms with E-state index in [0.29, 0.717) is 19.3 Å². The number of unbranched alkanes of at least 4 members (excludes halogenated alkanes) is 37. The van der Waals surface area contributed by atoms with Crippen LogP contribution in [0, 0.1) is 0 Å². The van der Waals surface area contributed by atoms with Crippen LogP contribution >= 0.6 is 0 Å². The van der Waals surface area contributed by atoms with E-state index in [1.54, 1.807) is 0 Å². The summed E-state index contributed by atoms with van der Waals surface area (Å²) in [6, 6.07) is -0.840. The first-order valence-corrected chi connectivity index (χ1v) is 37.7. The molecule has 2 saturated heterocycles. The van der Waals surface area contributed by atoms with Crippen LogP contribution in [0.5, 0.6) is 0 Å². The third kappa shape index (κ3) is 44.7. The van der Waals surface area contributed by atoms with Gasteiger partial charge in [0.05, 0.1) is 32.0 Å². The van der Waals surface area contributed by atoms with Crippen LogP contribution in [0.2, 0.25) is 0 Å². The maximum Gasteiger partial charge on any atom is 0.220 e. The van der Waals surface area contributed by atoms with Crippen LogP contribution in [-0.4, -0.2) is 140 Å². The molecular weight excluding hydrogens is 1150 g/mol. The smallest absolute Gasteiger partial charge is 0.220 e. The fraction of sp³-hybridized carbons (Fsp3) is 0.831. The summed E-state index contributed by atoms with van der Waals surface area (Å²) in [6.07, 6.45) is 66.3. The van der Waals surface area contributed by atoms with Crippen molar-refractivity contribution in [1.29, 1.82) is 0 Å². The number of nitrogens with one attached hydrogen (secondary N) is 1. The number of ether oxygens (including phenoxy) is 4. The molecule has 2 rings (SSSR count). The van der Waals surface area contributed by atoms with Gasteiger partial charge in [-0.25, -0.2) is 0 Å². The van der Waals surface area contributed by atoms with Crippen molar-refractivity contribution in [2.45, 2.75) is 389 Å². The number of amides is 1. The Hall–Kier alpha value is -2.57. The van der Waals surface area contributed by atoms with Crippen molar-refractivity contribution in [1.82, 2.24) is 5.32 Å². The fourth-order valence-corrected chi connectivity index (χ4v) is 12.2. The highest BCUT2D eigenvalue weighted by molar-refractivity contribution is 5.76. The van der Waals surface area contributed by atoms with Gasteiger partial charge in [0.2, 0.25) is 5.91 Å². The van der Waals surface area contributed by atoms with Gasteiger partial charge in [-0.2, -0.15) is 0 Å². The van der Waals surface area contributed by atoms with Gasteiger partial charge in [0, 0.05) is 6.42 Å². The van der Waals surface area contributed by atoms with Crippen LogP contribution < -0.4 is 5.32 Å². The molecule has 12 unspecified atom stereocenters. The van der Waals surface area contributed by atoms with Crippen LogP contribution in [0.15, 0.2) is 72.9 Å². The van der Waals surface area contributed by atoms with E-state index in [-0.39, 0.29) is 12.5 Å². The van der Waals surface area contributed by atoms with E-state index >= 15 is 0 Å². The molecule has 0 aromatic rings.